The SMILES string of the molecule is CNCc1cc(COc2ccccc2Cl)oc1C. The first-order valence-corrected chi connectivity index (χ1v) is 6.18. The van der Waals surface area contributed by atoms with Gasteiger partial charge in [0, 0.05) is 12.1 Å². The Morgan fingerprint density at radius 3 is 2.83 bits per heavy atom. The lowest BCUT2D eigenvalue weighted by Gasteiger charge is -2.05. The van der Waals surface area contributed by atoms with Gasteiger partial charge in [0.15, 0.2) is 0 Å². The predicted octanol–water partition coefficient (Wildman–Crippen LogP) is 3.54. The Labute approximate surface area is 112 Å². The Bertz CT molecular complexity index is 522. The molecule has 3 nitrogen and oxygen atoms in total. The fourth-order valence-corrected chi connectivity index (χ4v) is 1.93. The number of hydrogen-bond donors (Lipinski definition) is 1. The van der Waals surface area contributed by atoms with E-state index in [9.17, 15) is 0 Å². The van der Waals surface area contributed by atoms with Crippen molar-refractivity contribution >= 4 is 11.6 Å². The second kappa shape index (κ2) is 5.94. The zero-order valence-electron chi connectivity index (χ0n) is 10.5. The molecule has 96 valence electrons. The van der Waals surface area contributed by atoms with Crippen LogP contribution in [0.5, 0.6) is 5.75 Å². The topological polar surface area (TPSA) is 34.4 Å². The third-order valence-corrected chi connectivity index (χ3v) is 2.96. The van der Waals surface area contributed by atoms with Gasteiger partial charge in [0.2, 0.25) is 0 Å². The van der Waals surface area contributed by atoms with E-state index in [2.05, 4.69) is 5.32 Å². The highest BCUT2D eigenvalue weighted by atomic mass is 35.5. The summed E-state index contributed by atoms with van der Waals surface area (Å²) in [6.45, 7) is 3.13. The molecule has 18 heavy (non-hydrogen) atoms. The van der Waals surface area contributed by atoms with Crippen molar-refractivity contribution < 1.29 is 9.15 Å². The van der Waals surface area contributed by atoms with Gasteiger partial charge in [-0.05, 0) is 32.2 Å². The van der Waals surface area contributed by atoms with Gasteiger partial charge in [-0.25, -0.2) is 0 Å². The van der Waals surface area contributed by atoms with E-state index in [0.29, 0.717) is 17.4 Å². The fourth-order valence-electron chi connectivity index (χ4n) is 1.74. The summed E-state index contributed by atoms with van der Waals surface area (Å²) in [7, 11) is 1.91. The molecule has 0 atom stereocenters. The molecule has 2 rings (SSSR count). The number of nitrogens with one attached hydrogen (secondary N) is 1. The van der Waals surface area contributed by atoms with E-state index in [1.54, 1.807) is 6.07 Å². The van der Waals surface area contributed by atoms with E-state index < -0.39 is 0 Å². The number of ether oxygens (including phenoxy) is 1. The summed E-state index contributed by atoms with van der Waals surface area (Å²) in [6.07, 6.45) is 0. The summed E-state index contributed by atoms with van der Waals surface area (Å²) >= 11 is 6.01. The number of para-hydroxylation sites is 1. The van der Waals surface area contributed by atoms with E-state index in [1.165, 1.54) is 0 Å². The summed E-state index contributed by atoms with van der Waals surface area (Å²) in [6, 6.07) is 9.41. The van der Waals surface area contributed by atoms with Crippen LogP contribution in [0.15, 0.2) is 34.7 Å². The molecule has 1 aromatic heterocycles. The van der Waals surface area contributed by atoms with Crippen molar-refractivity contribution in [3.05, 3.63) is 52.4 Å². The van der Waals surface area contributed by atoms with Crippen LogP contribution in [0.2, 0.25) is 5.02 Å². The molecule has 0 saturated carbocycles. The minimum absolute atomic E-state index is 0.383. The van der Waals surface area contributed by atoms with Crippen LogP contribution >= 0.6 is 11.6 Å². The maximum Gasteiger partial charge on any atom is 0.146 e. The van der Waals surface area contributed by atoms with Gasteiger partial charge in [0.1, 0.15) is 23.9 Å². The number of benzene rings is 1. The standard InChI is InChI=1S/C14H16ClNO2/c1-10-11(8-16-2)7-12(18-10)9-17-14-6-4-3-5-13(14)15/h3-7,16H,8-9H2,1-2H3. The lowest BCUT2D eigenvalue weighted by molar-refractivity contribution is 0.267. The maximum atomic E-state index is 6.01. The molecule has 0 unspecified atom stereocenters. The molecule has 1 N–H and O–H groups in total. The van der Waals surface area contributed by atoms with E-state index >= 15 is 0 Å². The van der Waals surface area contributed by atoms with Crippen LogP contribution in [0.4, 0.5) is 0 Å². The molecule has 0 fully saturated rings. The third-order valence-electron chi connectivity index (χ3n) is 2.65. The first-order chi connectivity index (χ1) is 8.70. The van der Waals surface area contributed by atoms with Crippen LogP contribution in [0.3, 0.4) is 0 Å². The zero-order chi connectivity index (χ0) is 13.0. The summed E-state index contributed by atoms with van der Waals surface area (Å²) < 4.78 is 11.2. The third kappa shape index (κ3) is 3.06. The van der Waals surface area contributed by atoms with Gasteiger partial charge in [-0.1, -0.05) is 23.7 Å². The average Bonchev–Trinajstić information content (AvgIpc) is 2.70. The maximum absolute atomic E-state index is 6.01. The fraction of sp³-hybridized carbons (Fsp3) is 0.286. The minimum atomic E-state index is 0.383. The summed E-state index contributed by atoms with van der Waals surface area (Å²) in [4.78, 5) is 0. The van der Waals surface area contributed by atoms with Gasteiger partial charge in [-0.15, -0.1) is 0 Å². The molecule has 2 aromatic rings. The van der Waals surface area contributed by atoms with Crippen LogP contribution < -0.4 is 10.1 Å². The first kappa shape index (κ1) is 13.0. The quantitative estimate of drug-likeness (QED) is 0.898. The Morgan fingerprint density at radius 1 is 1.33 bits per heavy atom. The number of halogens is 1. The van der Waals surface area contributed by atoms with Gasteiger partial charge in [0.05, 0.1) is 5.02 Å². The van der Waals surface area contributed by atoms with Crippen molar-refractivity contribution in [3.63, 3.8) is 0 Å². The molecule has 0 saturated heterocycles. The Morgan fingerprint density at radius 2 is 2.11 bits per heavy atom. The molecule has 0 aliphatic heterocycles. The van der Waals surface area contributed by atoms with Crippen molar-refractivity contribution in [1.29, 1.82) is 0 Å². The lowest BCUT2D eigenvalue weighted by atomic mass is 10.2. The highest BCUT2D eigenvalue weighted by molar-refractivity contribution is 6.32. The highest BCUT2D eigenvalue weighted by Gasteiger charge is 2.08. The Kier molecular flexibility index (Phi) is 4.28. The van der Waals surface area contributed by atoms with Crippen LogP contribution in [0.25, 0.3) is 0 Å². The van der Waals surface area contributed by atoms with E-state index in [4.69, 9.17) is 20.8 Å². The minimum Gasteiger partial charge on any atom is -0.484 e. The Hall–Kier alpha value is -1.45. The largest absolute Gasteiger partial charge is 0.484 e. The highest BCUT2D eigenvalue weighted by Crippen LogP contribution is 2.24. The number of aryl methyl sites for hydroxylation is 1. The molecule has 0 bridgehead atoms. The first-order valence-electron chi connectivity index (χ1n) is 5.81. The molecule has 0 aliphatic carbocycles. The van der Waals surface area contributed by atoms with Crippen LogP contribution in [0, 0.1) is 6.92 Å². The summed E-state index contributed by atoms with van der Waals surface area (Å²) in [5.74, 6) is 2.39. The predicted molar refractivity (Wildman–Crippen MR) is 72.0 cm³/mol. The van der Waals surface area contributed by atoms with E-state index in [1.807, 2.05) is 38.2 Å². The molecule has 0 amide bonds. The molecular formula is C14H16ClNO2. The molecule has 0 radical (unpaired) electrons. The zero-order valence-corrected chi connectivity index (χ0v) is 11.3. The van der Waals surface area contributed by atoms with E-state index in [-0.39, 0.29) is 0 Å². The molecule has 1 heterocycles. The van der Waals surface area contributed by atoms with Crippen LogP contribution in [0.1, 0.15) is 17.1 Å². The van der Waals surface area contributed by atoms with Crippen molar-refractivity contribution in [2.75, 3.05) is 7.05 Å². The van der Waals surface area contributed by atoms with Gasteiger partial charge < -0.3 is 14.5 Å². The smallest absolute Gasteiger partial charge is 0.146 e. The molecule has 0 aliphatic rings. The van der Waals surface area contributed by atoms with Gasteiger partial charge in [-0.3, -0.25) is 0 Å². The normalized spacial score (nSPS) is 10.6. The number of furan rings is 1. The summed E-state index contributed by atoms with van der Waals surface area (Å²) in [5.41, 5.74) is 1.15. The number of rotatable bonds is 5. The summed E-state index contributed by atoms with van der Waals surface area (Å²) in [5, 5.41) is 3.71. The van der Waals surface area contributed by atoms with E-state index in [0.717, 1.165) is 23.6 Å². The molecule has 4 heteroatoms. The van der Waals surface area contributed by atoms with Gasteiger partial charge in [0.25, 0.3) is 0 Å². The van der Waals surface area contributed by atoms with Crippen molar-refractivity contribution in [3.8, 4) is 5.75 Å². The Balaban J connectivity index is 2.02. The molecule has 0 spiro atoms. The average molecular weight is 266 g/mol. The molecule has 1 aromatic carbocycles. The number of hydrogen-bond acceptors (Lipinski definition) is 3. The van der Waals surface area contributed by atoms with Gasteiger partial charge >= 0.3 is 0 Å². The van der Waals surface area contributed by atoms with Crippen LogP contribution in [-0.2, 0) is 13.2 Å². The second-order valence-electron chi connectivity index (χ2n) is 4.04. The van der Waals surface area contributed by atoms with Crippen molar-refractivity contribution in [2.24, 2.45) is 0 Å². The van der Waals surface area contributed by atoms with Crippen molar-refractivity contribution in [1.82, 2.24) is 5.32 Å². The second-order valence-corrected chi connectivity index (χ2v) is 4.45. The van der Waals surface area contributed by atoms with Crippen LogP contribution in [-0.4, -0.2) is 7.05 Å². The monoisotopic (exact) mass is 265 g/mol. The van der Waals surface area contributed by atoms with Crippen molar-refractivity contribution in [2.45, 2.75) is 20.1 Å². The van der Waals surface area contributed by atoms with Gasteiger partial charge in [-0.2, -0.15) is 0 Å². The molecular weight excluding hydrogens is 250 g/mol. The lowest BCUT2D eigenvalue weighted by Crippen LogP contribution is -2.04.